The summed E-state index contributed by atoms with van der Waals surface area (Å²) in [6.07, 6.45) is 0.785. The monoisotopic (exact) mass is 317 g/mol. The number of carbonyl (C=O) groups is 1. The number of likely N-dealkylation sites (tertiary alicyclic amines) is 1. The van der Waals surface area contributed by atoms with Crippen LogP contribution in [-0.2, 0) is 16.1 Å². The molecule has 23 heavy (non-hydrogen) atoms. The molecule has 1 aromatic rings. The molecule has 0 saturated carbocycles. The van der Waals surface area contributed by atoms with E-state index in [0.717, 1.165) is 39.1 Å². The van der Waals surface area contributed by atoms with Crippen molar-refractivity contribution in [2.75, 3.05) is 46.4 Å². The van der Waals surface area contributed by atoms with Crippen molar-refractivity contribution in [1.29, 1.82) is 0 Å². The zero-order valence-electron chi connectivity index (χ0n) is 13.9. The van der Waals surface area contributed by atoms with Crippen molar-refractivity contribution < 1.29 is 9.53 Å². The van der Waals surface area contributed by atoms with Crippen LogP contribution in [-0.4, -0.2) is 68.2 Å². The largest absolute Gasteiger partial charge is 0.366 e. The van der Waals surface area contributed by atoms with Gasteiger partial charge in [-0.2, -0.15) is 0 Å². The van der Waals surface area contributed by atoms with Crippen LogP contribution in [0.25, 0.3) is 0 Å². The van der Waals surface area contributed by atoms with E-state index in [4.69, 9.17) is 4.74 Å². The van der Waals surface area contributed by atoms with Gasteiger partial charge >= 0.3 is 0 Å². The second-order valence-electron chi connectivity index (χ2n) is 6.58. The van der Waals surface area contributed by atoms with Gasteiger partial charge in [-0.15, -0.1) is 0 Å². The van der Waals surface area contributed by atoms with E-state index < -0.39 is 0 Å². The Labute approximate surface area is 138 Å². The minimum absolute atomic E-state index is 0.168. The van der Waals surface area contributed by atoms with Gasteiger partial charge in [0.05, 0.1) is 6.61 Å². The van der Waals surface area contributed by atoms with Crippen molar-refractivity contribution >= 4 is 5.91 Å². The van der Waals surface area contributed by atoms with Crippen LogP contribution in [0, 0.1) is 5.92 Å². The minimum Gasteiger partial charge on any atom is -0.366 e. The third-order valence-corrected chi connectivity index (χ3v) is 4.77. The highest BCUT2D eigenvalue weighted by Gasteiger charge is 2.33. The first-order valence-electron chi connectivity index (χ1n) is 8.57. The third kappa shape index (κ3) is 4.31. The molecular formula is C18H27N3O2. The van der Waals surface area contributed by atoms with Crippen molar-refractivity contribution in [3.8, 4) is 0 Å². The minimum atomic E-state index is -0.305. The summed E-state index contributed by atoms with van der Waals surface area (Å²) in [6.45, 7) is 5.81. The number of morpholine rings is 1. The van der Waals surface area contributed by atoms with E-state index in [1.807, 2.05) is 18.0 Å². The number of nitrogens with one attached hydrogen (secondary N) is 1. The zero-order valence-corrected chi connectivity index (χ0v) is 13.9. The number of amides is 1. The lowest BCUT2D eigenvalue weighted by Crippen LogP contribution is -2.50. The smallest absolute Gasteiger partial charge is 0.253 e. The lowest BCUT2D eigenvalue weighted by Gasteiger charge is -2.34. The number of hydrogen-bond donors (Lipinski definition) is 1. The first-order chi connectivity index (χ1) is 11.3. The molecule has 2 unspecified atom stereocenters. The Bertz CT molecular complexity index is 508. The molecule has 1 amide bonds. The summed E-state index contributed by atoms with van der Waals surface area (Å²) in [5.74, 6) is 0.745. The summed E-state index contributed by atoms with van der Waals surface area (Å²) in [5, 5.41) is 3.21. The third-order valence-electron chi connectivity index (χ3n) is 4.77. The molecule has 2 heterocycles. The molecule has 2 aliphatic heterocycles. The number of benzene rings is 1. The number of hydrogen-bond acceptors (Lipinski definition) is 4. The van der Waals surface area contributed by atoms with E-state index in [1.165, 1.54) is 5.56 Å². The van der Waals surface area contributed by atoms with Gasteiger partial charge in [0.2, 0.25) is 0 Å². The van der Waals surface area contributed by atoms with Gasteiger partial charge in [0.1, 0.15) is 6.10 Å². The van der Waals surface area contributed by atoms with Crippen LogP contribution < -0.4 is 5.32 Å². The molecule has 0 aromatic heterocycles. The number of carbonyl (C=O) groups excluding carboxylic acids is 1. The van der Waals surface area contributed by atoms with Gasteiger partial charge in [0.25, 0.3) is 5.91 Å². The van der Waals surface area contributed by atoms with Crippen LogP contribution in [0.15, 0.2) is 30.3 Å². The molecule has 2 aliphatic rings. The molecule has 1 aromatic carbocycles. The van der Waals surface area contributed by atoms with Gasteiger partial charge in [-0.25, -0.2) is 0 Å². The maximum atomic E-state index is 12.7. The van der Waals surface area contributed by atoms with E-state index in [9.17, 15) is 4.79 Å². The quantitative estimate of drug-likeness (QED) is 0.878. The van der Waals surface area contributed by atoms with E-state index in [2.05, 4.69) is 34.5 Å². The number of nitrogens with zero attached hydrogens (tertiary/aromatic N) is 2. The maximum absolute atomic E-state index is 12.7. The highest BCUT2D eigenvalue weighted by molar-refractivity contribution is 5.81. The molecule has 0 spiro atoms. The van der Waals surface area contributed by atoms with Crippen molar-refractivity contribution in [2.24, 2.45) is 5.92 Å². The summed E-state index contributed by atoms with van der Waals surface area (Å²) in [7, 11) is 1.97. The van der Waals surface area contributed by atoms with Crippen molar-refractivity contribution in [2.45, 2.75) is 19.1 Å². The van der Waals surface area contributed by atoms with Crippen LogP contribution in [0.2, 0.25) is 0 Å². The van der Waals surface area contributed by atoms with E-state index in [1.54, 1.807) is 0 Å². The Balaban J connectivity index is 1.53. The van der Waals surface area contributed by atoms with Crippen molar-refractivity contribution in [3.63, 3.8) is 0 Å². The Morgan fingerprint density at radius 2 is 2.09 bits per heavy atom. The molecule has 2 atom stereocenters. The van der Waals surface area contributed by atoms with Gasteiger partial charge in [0, 0.05) is 32.7 Å². The van der Waals surface area contributed by atoms with Crippen LogP contribution in [0.3, 0.4) is 0 Å². The van der Waals surface area contributed by atoms with Gasteiger partial charge < -0.3 is 15.0 Å². The van der Waals surface area contributed by atoms with Crippen LogP contribution in [0.5, 0.6) is 0 Å². The number of ether oxygens (including phenoxy) is 1. The molecule has 3 rings (SSSR count). The van der Waals surface area contributed by atoms with Gasteiger partial charge in [0.15, 0.2) is 0 Å². The Morgan fingerprint density at radius 3 is 2.87 bits per heavy atom. The fourth-order valence-electron chi connectivity index (χ4n) is 3.53. The van der Waals surface area contributed by atoms with Gasteiger partial charge in [-0.05, 0) is 31.5 Å². The van der Waals surface area contributed by atoms with E-state index >= 15 is 0 Å². The Hall–Kier alpha value is -1.43. The van der Waals surface area contributed by atoms with E-state index in [0.29, 0.717) is 19.1 Å². The molecule has 5 heteroatoms. The first-order valence-corrected chi connectivity index (χ1v) is 8.57. The standard InChI is InChI=1S/C18H27N3O2/c1-19-11-16-7-8-21(13-16)18(22)17-14-20(9-10-23-17)12-15-5-3-2-4-6-15/h2-6,16-17,19H,7-14H2,1H3. The lowest BCUT2D eigenvalue weighted by atomic mass is 10.1. The zero-order chi connectivity index (χ0) is 16.1. The molecule has 0 bridgehead atoms. The predicted octanol–water partition coefficient (Wildman–Crippen LogP) is 0.955. The lowest BCUT2D eigenvalue weighted by molar-refractivity contribution is -0.148. The average Bonchev–Trinajstić information content (AvgIpc) is 3.04. The maximum Gasteiger partial charge on any atom is 0.253 e. The fourth-order valence-corrected chi connectivity index (χ4v) is 3.53. The Morgan fingerprint density at radius 1 is 1.26 bits per heavy atom. The van der Waals surface area contributed by atoms with Gasteiger partial charge in [-0.1, -0.05) is 30.3 Å². The summed E-state index contributed by atoms with van der Waals surface area (Å²) < 4.78 is 5.77. The second-order valence-corrected chi connectivity index (χ2v) is 6.58. The first kappa shape index (κ1) is 16.4. The molecule has 1 N–H and O–H groups in total. The summed E-state index contributed by atoms with van der Waals surface area (Å²) in [6, 6.07) is 10.4. The average molecular weight is 317 g/mol. The van der Waals surface area contributed by atoms with Gasteiger partial charge in [-0.3, -0.25) is 9.69 Å². The molecule has 2 saturated heterocycles. The van der Waals surface area contributed by atoms with Crippen molar-refractivity contribution in [1.82, 2.24) is 15.1 Å². The highest BCUT2D eigenvalue weighted by atomic mass is 16.5. The molecule has 5 nitrogen and oxygen atoms in total. The van der Waals surface area contributed by atoms with E-state index in [-0.39, 0.29) is 12.0 Å². The normalized spacial score (nSPS) is 25.7. The molecular weight excluding hydrogens is 290 g/mol. The SMILES string of the molecule is CNCC1CCN(C(=O)C2CN(Cc3ccccc3)CCO2)C1. The molecule has 0 aliphatic carbocycles. The highest BCUT2D eigenvalue weighted by Crippen LogP contribution is 2.19. The van der Waals surface area contributed by atoms with Crippen LogP contribution >= 0.6 is 0 Å². The molecule has 2 fully saturated rings. The molecule has 0 radical (unpaired) electrons. The Kier molecular flexibility index (Phi) is 5.65. The van der Waals surface area contributed by atoms with Crippen molar-refractivity contribution in [3.05, 3.63) is 35.9 Å². The molecule has 126 valence electrons. The summed E-state index contributed by atoms with van der Waals surface area (Å²) >= 11 is 0. The topological polar surface area (TPSA) is 44.8 Å². The summed E-state index contributed by atoms with van der Waals surface area (Å²) in [5.41, 5.74) is 1.29. The second kappa shape index (κ2) is 7.90. The summed E-state index contributed by atoms with van der Waals surface area (Å²) in [4.78, 5) is 17.0. The number of rotatable bonds is 5. The van der Waals surface area contributed by atoms with Crippen LogP contribution in [0.1, 0.15) is 12.0 Å². The predicted molar refractivity (Wildman–Crippen MR) is 90.1 cm³/mol. The van der Waals surface area contributed by atoms with Crippen LogP contribution in [0.4, 0.5) is 0 Å². The fraction of sp³-hybridized carbons (Fsp3) is 0.611.